The monoisotopic (exact) mass is 270 g/mol. The van der Waals surface area contributed by atoms with E-state index in [0.29, 0.717) is 18.0 Å². The maximum atomic E-state index is 11.9. The Kier molecular flexibility index (Phi) is 3.92. The van der Waals surface area contributed by atoms with Gasteiger partial charge >= 0.3 is 0 Å². The van der Waals surface area contributed by atoms with Crippen LogP contribution in [0.5, 0.6) is 0 Å². The summed E-state index contributed by atoms with van der Waals surface area (Å²) in [7, 11) is 0. The lowest BCUT2D eigenvalue weighted by Gasteiger charge is -2.27. The van der Waals surface area contributed by atoms with E-state index in [0.717, 1.165) is 13.0 Å². The lowest BCUT2D eigenvalue weighted by Crippen LogP contribution is -2.50. The Labute approximate surface area is 112 Å². The van der Waals surface area contributed by atoms with E-state index in [-0.39, 0.29) is 17.5 Å². The number of amides is 1. The molecule has 0 aromatic carbocycles. The van der Waals surface area contributed by atoms with Gasteiger partial charge in [0.05, 0.1) is 11.2 Å². The Morgan fingerprint density at radius 3 is 3.06 bits per heavy atom. The Bertz CT molecular complexity index is 429. The van der Waals surface area contributed by atoms with Crippen LogP contribution in [0.2, 0.25) is 5.02 Å². The molecule has 1 aromatic rings. The zero-order valence-corrected chi connectivity index (χ0v) is 11.5. The van der Waals surface area contributed by atoms with Gasteiger partial charge in [0.25, 0.3) is 0 Å². The predicted molar refractivity (Wildman–Crippen MR) is 70.5 cm³/mol. The van der Waals surface area contributed by atoms with Crippen molar-refractivity contribution in [3.63, 3.8) is 0 Å². The van der Waals surface area contributed by atoms with Gasteiger partial charge in [0, 0.05) is 30.7 Å². The lowest BCUT2D eigenvalue weighted by atomic mass is 9.97. The van der Waals surface area contributed by atoms with Gasteiger partial charge in [-0.3, -0.25) is 9.48 Å². The van der Waals surface area contributed by atoms with Crippen molar-refractivity contribution in [2.45, 2.75) is 44.8 Å². The zero-order chi connectivity index (χ0) is 13.2. The second-order valence-corrected chi connectivity index (χ2v) is 5.67. The number of nitrogens with zero attached hydrogens (tertiary/aromatic N) is 2. The summed E-state index contributed by atoms with van der Waals surface area (Å²) in [5.74, 6) is 0.0587. The van der Waals surface area contributed by atoms with Crippen molar-refractivity contribution in [1.82, 2.24) is 20.4 Å². The van der Waals surface area contributed by atoms with E-state index in [9.17, 15) is 4.79 Å². The van der Waals surface area contributed by atoms with Crippen LogP contribution in [0.4, 0.5) is 0 Å². The van der Waals surface area contributed by atoms with Gasteiger partial charge in [0.2, 0.25) is 5.91 Å². The average Bonchev–Trinajstić information content (AvgIpc) is 2.83. The van der Waals surface area contributed by atoms with Crippen LogP contribution in [0.3, 0.4) is 0 Å². The quantitative estimate of drug-likeness (QED) is 0.864. The molecule has 2 N–H and O–H groups in total. The largest absolute Gasteiger partial charge is 0.351 e. The van der Waals surface area contributed by atoms with Crippen LogP contribution in [0.1, 0.15) is 26.7 Å². The third-order valence-corrected chi connectivity index (χ3v) is 3.58. The molecule has 100 valence electrons. The average molecular weight is 271 g/mol. The molecule has 1 amide bonds. The third kappa shape index (κ3) is 3.23. The summed E-state index contributed by atoms with van der Waals surface area (Å²) in [4.78, 5) is 11.9. The molecule has 0 saturated carbocycles. The van der Waals surface area contributed by atoms with Crippen LogP contribution in [-0.2, 0) is 11.3 Å². The Hall–Kier alpha value is -1.07. The number of aryl methyl sites for hydroxylation is 1. The van der Waals surface area contributed by atoms with Crippen molar-refractivity contribution in [3.05, 3.63) is 17.4 Å². The molecule has 0 aliphatic carbocycles. The summed E-state index contributed by atoms with van der Waals surface area (Å²) in [6, 6.07) is 0.200. The molecular weight excluding hydrogens is 252 g/mol. The first-order valence-corrected chi connectivity index (χ1v) is 6.57. The van der Waals surface area contributed by atoms with E-state index in [4.69, 9.17) is 11.6 Å². The number of carbonyl (C=O) groups is 1. The van der Waals surface area contributed by atoms with Crippen molar-refractivity contribution in [2.75, 3.05) is 6.54 Å². The molecule has 1 aromatic heterocycles. The summed E-state index contributed by atoms with van der Waals surface area (Å²) in [5.41, 5.74) is -0.0231. The Balaban J connectivity index is 1.79. The van der Waals surface area contributed by atoms with Gasteiger partial charge in [-0.2, -0.15) is 5.10 Å². The smallest absolute Gasteiger partial charge is 0.222 e. The molecule has 5 nitrogen and oxygen atoms in total. The standard InChI is InChI=1S/C12H19ClN4O/c1-12(2)10(3-5-14-12)16-11(18)4-6-17-8-9(13)7-15-17/h7-8,10,14H,3-6H2,1-2H3,(H,16,18). The summed E-state index contributed by atoms with van der Waals surface area (Å²) in [5, 5.41) is 11.1. The molecule has 6 heteroatoms. The van der Waals surface area contributed by atoms with E-state index in [1.165, 1.54) is 0 Å². The first kappa shape index (κ1) is 13.4. The van der Waals surface area contributed by atoms with E-state index < -0.39 is 0 Å². The number of halogens is 1. The van der Waals surface area contributed by atoms with Crippen molar-refractivity contribution in [2.24, 2.45) is 0 Å². The molecule has 1 aliphatic heterocycles. The first-order chi connectivity index (χ1) is 8.47. The number of carbonyl (C=O) groups excluding carboxylic acids is 1. The number of rotatable bonds is 4. The summed E-state index contributed by atoms with van der Waals surface area (Å²) < 4.78 is 1.68. The Morgan fingerprint density at radius 1 is 1.72 bits per heavy atom. The fourth-order valence-electron chi connectivity index (χ4n) is 2.22. The molecule has 1 unspecified atom stereocenters. The number of hydrogen-bond acceptors (Lipinski definition) is 3. The minimum Gasteiger partial charge on any atom is -0.351 e. The highest BCUT2D eigenvalue weighted by atomic mass is 35.5. The minimum atomic E-state index is -0.0231. The number of aromatic nitrogens is 2. The molecule has 0 radical (unpaired) electrons. The lowest BCUT2D eigenvalue weighted by molar-refractivity contribution is -0.122. The topological polar surface area (TPSA) is 58.9 Å². The second kappa shape index (κ2) is 5.28. The molecule has 0 bridgehead atoms. The molecule has 18 heavy (non-hydrogen) atoms. The summed E-state index contributed by atoms with van der Waals surface area (Å²) in [6.07, 6.45) is 4.69. The van der Waals surface area contributed by atoms with Gasteiger partial charge in [-0.25, -0.2) is 0 Å². The van der Waals surface area contributed by atoms with Gasteiger partial charge in [-0.15, -0.1) is 0 Å². The van der Waals surface area contributed by atoms with Crippen LogP contribution in [0.25, 0.3) is 0 Å². The molecule has 1 fully saturated rings. The van der Waals surface area contributed by atoms with Gasteiger partial charge in [0.1, 0.15) is 0 Å². The molecule has 2 heterocycles. The van der Waals surface area contributed by atoms with Gasteiger partial charge in [0.15, 0.2) is 0 Å². The number of hydrogen-bond donors (Lipinski definition) is 2. The van der Waals surface area contributed by atoms with E-state index in [1.807, 2.05) is 0 Å². The zero-order valence-electron chi connectivity index (χ0n) is 10.7. The van der Waals surface area contributed by atoms with Crippen molar-refractivity contribution in [1.29, 1.82) is 0 Å². The molecular formula is C12H19ClN4O. The highest BCUT2D eigenvalue weighted by molar-refractivity contribution is 6.30. The maximum Gasteiger partial charge on any atom is 0.222 e. The molecule has 1 atom stereocenters. The normalized spacial score (nSPS) is 22.1. The second-order valence-electron chi connectivity index (χ2n) is 5.23. The fourth-order valence-corrected chi connectivity index (χ4v) is 2.37. The van der Waals surface area contributed by atoms with Crippen LogP contribution in [0.15, 0.2) is 12.4 Å². The molecule has 1 aliphatic rings. The van der Waals surface area contributed by atoms with Gasteiger partial charge in [-0.05, 0) is 26.8 Å². The highest BCUT2D eigenvalue weighted by Gasteiger charge is 2.34. The van der Waals surface area contributed by atoms with Gasteiger partial charge in [-0.1, -0.05) is 11.6 Å². The van der Waals surface area contributed by atoms with E-state index >= 15 is 0 Å². The van der Waals surface area contributed by atoms with Crippen LogP contribution >= 0.6 is 11.6 Å². The van der Waals surface area contributed by atoms with Gasteiger partial charge < -0.3 is 10.6 Å². The Morgan fingerprint density at radius 2 is 2.50 bits per heavy atom. The summed E-state index contributed by atoms with van der Waals surface area (Å²) >= 11 is 5.76. The first-order valence-electron chi connectivity index (χ1n) is 6.20. The SMILES string of the molecule is CC1(C)NCCC1NC(=O)CCn1cc(Cl)cn1. The highest BCUT2D eigenvalue weighted by Crippen LogP contribution is 2.18. The minimum absolute atomic E-state index is 0.0231. The van der Waals surface area contributed by atoms with Crippen molar-refractivity contribution < 1.29 is 4.79 Å². The molecule has 0 spiro atoms. The van der Waals surface area contributed by atoms with Crippen LogP contribution in [0, 0.1) is 0 Å². The molecule has 1 saturated heterocycles. The van der Waals surface area contributed by atoms with Crippen LogP contribution < -0.4 is 10.6 Å². The van der Waals surface area contributed by atoms with E-state index in [2.05, 4.69) is 29.6 Å². The predicted octanol–water partition coefficient (Wildman–Crippen LogP) is 1.18. The van der Waals surface area contributed by atoms with Crippen LogP contribution in [-0.4, -0.2) is 33.8 Å². The molecule has 2 rings (SSSR count). The maximum absolute atomic E-state index is 11.9. The summed E-state index contributed by atoms with van der Waals surface area (Å²) in [6.45, 7) is 5.72. The van der Waals surface area contributed by atoms with Crippen molar-refractivity contribution >= 4 is 17.5 Å². The van der Waals surface area contributed by atoms with E-state index in [1.54, 1.807) is 17.1 Å². The fraction of sp³-hybridized carbons (Fsp3) is 0.667. The van der Waals surface area contributed by atoms with Crippen molar-refractivity contribution in [3.8, 4) is 0 Å². The third-order valence-electron chi connectivity index (χ3n) is 3.39. The number of nitrogens with one attached hydrogen (secondary N) is 2.